The Labute approximate surface area is 152 Å². The number of hydrogen-bond acceptors (Lipinski definition) is 3. The molecule has 5 heteroatoms. The second kappa shape index (κ2) is 5.95. The minimum atomic E-state index is -1.23. The summed E-state index contributed by atoms with van der Waals surface area (Å²) in [5.74, 6) is -0.550. The van der Waals surface area contributed by atoms with E-state index in [2.05, 4.69) is 0 Å². The van der Waals surface area contributed by atoms with E-state index in [1.54, 1.807) is 29.2 Å². The van der Waals surface area contributed by atoms with E-state index in [1.807, 2.05) is 50.2 Å². The Balaban J connectivity index is 1.87. The first-order valence-electron chi connectivity index (χ1n) is 8.95. The number of urea groups is 1. The van der Waals surface area contributed by atoms with E-state index < -0.39 is 11.6 Å². The lowest BCUT2D eigenvalue weighted by atomic mass is 9.81. The lowest BCUT2D eigenvalue weighted by Crippen LogP contribution is -2.56. The van der Waals surface area contributed by atoms with Crippen molar-refractivity contribution in [3.05, 3.63) is 66.2 Å². The van der Waals surface area contributed by atoms with Crippen LogP contribution in [0, 0.1) is 5.92 Å². The Bertz CT molecular complexity index is 837. The van der Waals surface area contributed by atoms with E-state index in [-0.39, 0.29) is 23.9 Å². The maximum absolute atomic E-state index is 13.5. The highest BCUT2D eigenvalue weighted by Gasteiger charge is 2.68. The number of carbonyl (C=O) groups excluding carboxylic acids is 2. The number of fused-ring (bicyclic) bond motifs is 1. The number of aliphatic hydroxyl groups excluding tert-OH is 1. The zero-order valence-electron chi connectivity index (χ0n) is 14.9. The number of hydrogen-bond donors (Lipinski definition) is 1. The maximum atomic E-state index is 13.5. The molecule has 3 unspecified atom stereocenters. The van der Waals surface area contributed by atoms with Crippen molar-refractivity contribution in [2.24, 2.45) is 5.92 Å². The standard InChI is InChI=1S/C21H22N2O3/c1-14(2)21-18(24)13-17(15-9-5-3-6-10-15)23(21)20(26)22(19(21)25)16-11-7-4-8-12-16/h3-12,14,17-18,24H,13H2,1-2H3. The molecule has 26 heavy (non-hydrogen) atoms. The van der Waals surface area contributed by atoms with Crippen LogP contribution in [0.15, 0.2) is 60.7 Å². The lowest BCUT2D eigenvalue weighted by molar-refractivity contribution is -0.131. The first kappa shape index (κ1) is 16.8. The van der Waals surface area contributed by atoms with Gasteiger partial charge in [0, 0.05) is 6.42 Å². The highest BCUT2D eigenvalue weighted by atomic mass is 16.3. The van der Waals surface area contributed by atoms with Gasteiger partial charge in [0.05, 0.1) is 17.8 Å². The predicted molar refractivity (Wildman–Crippen MR) is 98.5 cm³/mol. The molecule has 2 heterocycles. The fourth-order valence-electron chi connectivity index (χ4n) is 4.50. The molecule has 2 aliphatic heterocycles. The lowest BCUT2D eigenvalue weighted by Gasteiger charge is -2.36. The molecule has 2 aliphatic rings. The Morgan fingerprint density at radius 1 is 1.00 bits per heavy atom. The first-order chi connectivity index (χ1) is 12.5. The number of benzene rings is 2. The highest BCUT2D eigenvalue weighted by Crippen LogP contribution is 2.52. The molecular formula is C21H22N2O3. The summed E-state index contributed by atoms with van der Waals surface area (Å²) in [6.07, 6.45) is -0.541. The average molecular weight is 350 g/mol. The van der Waals surface area contributed by atoms with Gasteiger partial charge in [-0.1, -0.05) is 62.4 Å². The third-order valence-corrected chi connectivity index (χ3v) is 5.69. The number of anilines is 1. The number of para-hydroxylation sites is 1. The molecule has 3 atom stereocenters. The van der Waals surface area contributed by atoms with Gasteiger partial charge in [-0.3, -0.25) is 9.69 Å². The zero-order valence-corrected chi connectivity index (χ0v) is 14.9. The van der Waals surface area contributed by atoms with E-state index in [4.69, 9.17) is 0 Å². The predicted octanol–water partition coefficient (Wildman–Crippen LogP) is 3.36. The topological polar surface area (TPSA) is 60.9 Å². The molecule has 0 aliphatic carbocycles. The Morgan fingerprint density at radius 2 is 1.58 bits per heavy atom. The van der Waals surface area contributed by atoms with Crippen molar-refractivity contribution in [1.82, 2.24) is 4.90 Å². The fourth-order valence-corrected chi connectivity index (χ4v) is 4.50. The summed E-state index contributed by atoms with van der Waals surface area (Å²) in [6, 6.07) is 17.9. The molecule has 2 fully saturated rings. The Morgan fingerprint density at radius 3 is 2.15 bits per heavy atom. The van der Waals surface area contributed by atoms with E-state index in [0.29, 0.717) is 12.1 Å². The van der Waals surface area contributed by atoms with Crippen LogP contribution in [-0.2, 0) is 4.79 Å². The van der Waals surface area contributed by atoms with Crippen molar-refractivity contribution in [2.75, 3.05) is 4.90 Å². The average Bonchev–Trinajstić information content (AvgIpc) is 3.09. The van der Waals surface area contributed by atoms with Gasteiger partial charge in [0.25, 0.3) is 5.91 Å². The number of aliphatic hydroxyl groups is 1. The smallest absolute Gasteiger partial charge is 0.332 e. The summed E-state index contributed by atoms with van der Waals surface area (Å²) in [5.41, 5.74) is 0.244. The summed E-state index contributed by atoms with van der Waals surface area (Å²) in [7, 11) is 0. The zero-order chi connectivity index (χ0) is 18.5. The van der Waals surface area contributed by atoms with Crippen LogP contribution < -0.4 is 4.90 Å². The normalized spacial score (nSPS) is 28.2. The molecule has 5 nitrogen and oxygen atoms in total. The number of nitrogens with zero attached hydrogens (tertiary/aromatic N) is 2. The van der Waals surface area contributed by atoms with Crippen molar-refractivity contribution in [1.29, 1.82) is 0 Å². The second-order valence-corrected chi connectivity index (χ2v) is 7.29. The van der Waals surface area contributed by atoms with Crippen molar-refractivity contribution < 1.29 is 14.7 Å². The quantitative estimate of drug-likeness (QED) is 0.864. The monoisotopic (exact) mass is 350 g/mol. The molecular weight excluding hydrogens is 328 g/mol. The van der Waals surface area contributed by atoms with Crippen LogP contribution in [0.25, 0.3) is 0 Å². The third-order valence-electron chi connectivity index (χ3n) is 5.69. The molecule has 2 aromatic carbocycles. The molecule has 2 saturated heterocycles. The van der Waals surface area contributed by atoms with Gasteiger partial charge in [-0.15, -0.1) is 0 Å². The van der Waals surface area contributed by atoms with Crippen LogP contribution in [0.1, 0.15) is 31.9 Å². The third kappa shape index (κ3) is 2.07. The van der Waals surface area contributed by atoms with Crippen LogP contribution in [-0.4, -0.2) is 33.6 Å². The maximum Gasteiger partial charge on any atom is 0.332 e. The van der Waals surface area contributed by atoms with Crippen LogP contribution >= 0.6 is 0 Å². The number of amides is 3. The number of rotatable bonds is 3. The van der Waals surface area contributed by atoms with Gasteiger partial charge in [-0.2, -0.15) is 0 Å². The van der Waals surface area contributed by atoms with Gasteiger partial charge in [0.15, 0.2) is 5.54 Å². The van der Waals surface area contributed by atoms with Crippen molar-refractivity contribution in [2.45, 2.75) is 38.0 Å². The van der Waals surface area contributed by atoms with Gasteiger partial charge >= 0.3 is 6.03 Å². The van der Waals surface area contributed by atoms with Crippen LogP contribution in [0.4, 0.5) is 10.5 Å². The first-order valence-corrected chi connectivity index (χ1v) is 8.95. The highest BCUT2D eigenvalue weighted by molar-refractivity contribution is 6.24. The van der Waals surface area contributed by atoms with Crippen molar-refractivity contribution in [3.63, 3.8) is 0 Å². The van der Waals surface area contributed by atoms with Gasteiger partial charge in [-0.05, 0) is 23.6 Å². The molecule has 0 radical (unpaired) electrons. The molecule has 134 valence electrons. The molecule has 3 amide bonds. The van der Waals surface area contributed by atoms with E-state index in [1.165, 1.54) is 4.90 Å². The summed E-state index contributed by atoms with van der Waals surface area (Å²) < 4.78 is 0. The molecule has 0 spiro atoms. The number of imide groups is 1. The largest absolute Gasteiger partial charge is 0.390 e. The summed E-state index contributed by atoms with van der Waals surface area (Å²) in [4.78, 5) is 29.6. The second-order valence-electron chi connectivity index (χ2n) is 7.29. The van der Waals surface area contributed by atoms with Gasteiger partial charge < -0.3 is 5.11 Å². The molecule has 4 rings (SSSR count). The Hall–Kier alpha value is -2.66. The van der Waals surface area contributed by atoms with E-state index in [0.717, 1.165) is 5.56 Å². The van der Waals surface area contributed by atoms with Gasteiger partial charge in [0.1, 0.15) is 0 Å². The molecule has 0 bridgehead atoms. The van der Waals surface area contributed by atoms with E-state index >= 15 is 0 Å². The van der Waals surface area contributed by atoms with Crippen molar-refractivity contribution in [3.8, 4) is 0 Å². The number of carbonyl (C=O) groups is 2. The van der Waals surface area contributed by atoms with Crippen LogP contribution in [0.5, 0.6) is 0 Å². The summed E-state index contributed by atoms with van der Waals surface area (Å²) >= 11 is 0. The summed E-state index contributed by atoms with van der Waals surface area (Å²) in [6.45, 7) is 3.78. The fraction of sp³-hybridized carbons (Fsp3) is 0.333. The molecule has 2 aromatic rings. The van der Waals surface area contributed by atoms with Crippen LogP contribution in [0.2, 0.25) is 0 Å². The van der Waals surface area contributed by atoms with Gasteiger partial charge in [0.2, 0.25) is 0 Å². The molecule has 1 N–H and O–H groups in total. The van der Waals surface area contributed by atoms with Crippen molar-refractivity contribution >= 4 is 17.6 Å². The SMILES string of the molecule is CC(C)C12C(=O)N(c3ccccc3)C(=O)N1C(c1ccccc1)CC2O. The van der Waals surface area contributed by atoms with Gasteiger partial charge in [-0.25, -0.2) is 9.69 Å². The molecule has 0 saturated carbocycles. The van der Waals surface area contributed by atoms with E-state index in [9.17, 15) is 14.7 Å². The minimum absolute atomic E-state index is 0.212. The Kier molecular flexibility index (Phi) is 3.84. The van der Waals surface area contributed by atoms with Crippen LogP contribution in [0.3, 0.4) is 0 Å². The minimum Gasteiger partial charge on any atom is -0.390 e. The molecule has 0 aromatic heterocycles. The summed E-state index contributed by atoms with van der Waals surface area (Å²) in [5, 5.41) is 11.0.